The molecular formula is C22H34N2S2. The van der Waals surface area contributed by atoms with Gasteiger partial charge in [-0.1, -0.05) is 53.2 Å². The maximum absolute atomic E-state index is 4.93. The first kappa shape index (κ1) is 21.3. The van der Waals surface area contributed by atoms with Crippen LogP contribution in [-0.2, 0) is 18.3 Å². The van der Waals surface area contributed by atoms with Crippen LogP contribution in [-0.4, -0.2) is 9.97 Å². The van der Waals surface area contributed by atoms with E-state index in [2.05, 4.69) is 65.3 Å². The summed E-state index contributed by atoms with van der Waals surface area (Å²) in [6, 6.07) is 0. The second-order valence-electron chi connectivity index (χ2n) is 8.71. The molecule has 0 aliphatic heterocycles. The Morgan fingerprint density at radius 2 is 1.85 bits per heavy atom. The maximum atomic E-state index is 4.93. The molecule has 2 aromatic heterocycles. The van der Waals surface area contributed by atoms with Crippen LogP contribution < -0.4 is 0 Å². The minimum atomic E-state index is 0.0817. The van der Waals surface area contributed by atoms with Gasteiger partial charge in [0.1, 0.15) is 0 Å². The number of thiazole rings is 2. The summed E-state index contributed by atoms with van der Waals surface area (Å²) in [7, 11) is 0. The van der Waals surface area contributed by atoms with Crippen molar-refractivity contribution >= 4 is 22.7 Å². The highest BCUT2D eigenvalue weighted by atomic mass is 32.1. The van der Waals surface area contributed by atoms with Crippen LogP contribution in [0, 0.1) is 5.92 Å². The predicted molar refractivity (Wildman–Crippen MR) is 117 cm³/mol. The second kappa shape index (κ2) is 9.27. The first-order valence-electron chi connectivity index (χ1n) is 9.72. The van der Waals surface area contributed by atoms with Crippen molar-refractivity contribution in [1.29, 1.82) is 0 Å². The van der Waals surface area contributed by atoms with Gasteiger partial charge in [-0.3, -0.25) is 0 Å². The van der Waals surface area contributed by atoms with Gasteiger partial charge >= 0.3 is 0 Å². The number of aryl methyl sites for hydroxylation is 1. The Morgan fingerprint density at radius 3 is 2.46 bits per heavy atom. The van der Waals surface area contributed by atoms with Crippen LogP contribution in [0.2, 0.25) is 0 Å². The lowest BCUT2D eigenvalue weighted by atomic mass is 9.83. The molecule has 0 unspecified atom stereocenters. The van der Waals surface area contributed by atoms with Gasteiger partial charge < -0.3 is 0 Å². The fourth-order valence-corrected chi connectivity index (χ4v) is 4.82. The van der Waals surface area contributed by atoms with Gasteiger partial charge in [0.2, 0.25) is 0 Å². The number of rotatable bonds is 9. The summed E-state index contributed by atoms with van der Waals surface area (Å²) < 4.78 is 0. The molecule has 2 aromatic rings. The van der Waals surface area contributed by atoms with E-state index in [9.17, 15) is 0 Å². The Morgan fingerprint density at radius 1 is 1.12 bits per heavy atom. The summed E-state index contributed by atoms with van der Waals surface area (Å²) in [6.07, 6.45) is 6.64. The molecule has 0 fully saturated rings. The summed E-state index contributed by atoms with van der Waals surface area (Å²) >= 11 is 3.60. The number of nitrogens with zero attached hydrogens (tertiary/aromatic N) is 2. The normalized spacial score (nSPS) is 13.2. The highest BCUT2D eigenvalue weighted by Crippen LogP contribution is 2.32. The molecule has 0 saturated heterocycles. The third kappa shape index (κ3) is 6.31. The maximum Gasteiger partial charge on any atom is 0.0953 e. The number of aromatic nitrogens is 2. The van der Waals surface area contributed by atoms with Gasteiger partial charge in [-0.05, 0) is 32.1 Å². The smallest absolute Gasteiger partial charge is 0.0953 e. The molecule has 0 aromatic carbocycles. The van der Waals surface area contributed by atoms with Gasteiger partial charge in [0.15, 0.2) is 0 Å². The molecule has 0 atom stereocenters. The van der Waals surface area contributed by atoms with Gasteiger partial charge in [-0.25, -0.2) is 9.97 Å². The van der Waals surface area contributed by atoms with Crippen molar-refractivity contribution in [1.82, 2.24) is 9.97 Å². The fraction of sp³-hybridized carbons (Fsp3) is 0.636. The zero-order valence-electron chi connectivity index (χ0n) is 17.4. The Balaban J connectivity index is 1.96. The lowest BCUT2D eigenvalue weighted by Gasteiger charge is -2.23. The SMILES string of the molecule is C/C(=C\Cc1csc(C(C)C)n1)CC(C)(C)c1csc(CCC(C)C)n1. The van der Waals surface area contributed by atoms with Crippen LogP contribution in [0.1, 0.15) is 88.6 Å². The van der Waals surface area contributed by atoms with Crippen molar-refractivity contribution in [2.75, 3.05) is 0 Å². The zero-order chi connectivity index (χ0) is 19.3. The number of hydrogen-bond acceptors (Lipinski definition) is 4. The number of allylic oxidation sites excluding steroid dienone is 2. The van der Waals surface area contributed by atoms with E-state index in [4.69, 9.17) is 9.97 Å². The van der Waals surface area contributed by atoms with Crippen LogP contribution in [0.25, 0.3) is 0 Å². The lowest BCUT2D eigenvalue weighted by Crippen LogP contribution is -2.18. The highest BCUT2D eigenvalue weighted by molar-refractivity contribution is 7.10. The largest absolute Gasteiger partial charge is 0.246 e. The molecule has 0 bridgehead atoms. The summed E-state index contributed by atoms with van der Waals surface area (Å²) in [5, 5.41) is 6.99. The van der Waals surface area contributed by atoms with E-state index in [0.29, 0.717) is 5.92 Å². The standard InChI is InChI=1S/C22H34N2S2/c1-15(2)8-11-20-24-19(14-25-20)22(6,7)12-17(5)9-10-18-13-26-21(23-18)16(3)4/h9,13-16H,8,10-12H2,1-7H3/b17-9+. The van der Waals surface area contributed by atoms with E-state index in [0.717, 1.165) is 25.2 Å². The van der Waals surface area contributed by atoms with Crippen molar-refractivity contribution in [3.8, 4) is 0 Å². The van der Waals surface area contributed by atoms with Crippen molar-refractivity contribution in [2.24, 2.45) is 5.92 Å². The summed E-state index contributed by atoms with van der Waals surface area (Å²) in [6.45, 7) is 15.8. The third-order valence-corrected chi connectivity index (χ3v) is 6.73. The van der Waals surface area contributed by atoms with Gasteiger partial charge in [-0.2, -0.15) is 0 Å². The molecule has 4 heteroatoms. The fourth-order valence-electron chi connectivity index (χ4n) is 2.97. The van der Waals surface area contributed by atoms with E-state index < -0.39 is 0 Å². The Bertz CT molecular complexity index is 720. The third-order valence-electron chi connectivity index (χ3n) is 4.62. The number of hydrogen-bond donors (Lipinski definition) is 0. The first-order valence-corrected chi connectivity index (χ1v) is 11.5. The second-order valence-corrected chi connectivity index (χ2v) is 10.5. The molecular weight excluding hydrogens is 356 g/mol. The molecule has 0 amide bonds. The molecule has 2 heterocycles. The Hall–Kier alpha value is -1.00. The van der Waals surface area contributed by atoms with Gasteiger partial charge in [0, 0.05) is 28.5 Å². The predicted octanol–water partition coefficient (Wildman–Crippen LogP) is 7.17. The molecule has 0 saturated carbocycles. The Kier molecular flexibility index (Phi) is 7.60. The quantitative estimate of drug-likeness (QED) is 0.424. The van der Waals surface area contributed by atoms with Gasteiger partial charge in [0.05, 0.1) is 21.4 Å². The molecule has 2 rings (SSSR count). The molecule has 0 spiro atoms. The van der Waals surface area contributed by atoms with Crippen molar-refractivity contribution in [2.45, 2.75) is 85.5 Å². The van der Waals surface area contributed by atoms with Crippen LogP contribution in [0.5, 0.6) is 0 Å². The minimum absolute atomic E-state index is 0.0817. The molecule has 0 radical (unpaired) electrons. The monoisotopic (exact) mass is 390 g/mol. The molecule has 2 nitrogen and oxygen atoms in total. The van der Waals surface area contributed by atoms with Crippen LogP contribution in [0.3, 0.4) is 0 Å². The van der Waals surface area contributed by atoms with E-state index >= 15 is 0 Å². The van der Waals surface area contributed by atoms with Crippen molar-refractivity contribution in [3.63, 3.8) is 0 Å². The topological polar surface area (TPSA) is 25.8 Å². The Labute approximate surface area is 167 Å². The van der Waals surface area contributed by atoms with Crippen molar-refractivity contribution in [3.05, 3.63) is 43.8 Å². The minimum Gasteiger partial charge on any atom is -0.246 e. The molecule has 0 N–H and O–H groups in total. The van der Waals surface area contributed by atoms with Crippen LogP contribution in [0.15, 0.2) is 22.4 Å². The highest BCUT2D eigenvalue weighted by Gasteiger charge is 2.24. The van der Waals surface area contributed by atoms with Crippen LogP contribution in [0.4, 0.5) is 0 Å². The summed E-state index contributed by atoms with van der Waals surface area (Å²) in [5.74, 6) is 1.26. The molecule has 144 valence electrons. The average Bonchev–Trinajstić information content (AvgIpc) is 3.20. The van der Waals surface area contributed by atoms with E-state index in [-0.39, 0.29) is 5.41 Å². The van der Waals surface area contributed by atoms with Crippen molar-refractivity contribution < 1.29 is 0 Å². The summed E-state index contributed by atoms with van der Waals surface area (Å²) in [4.78, 5) is 9.67. The molecule has 0 aliphatic rings. The van der Waals surface area contributed by atoms with Crippen LogP contribution >= 0.6 is 22.7 Å². The summed E-state index contributed by atoms with van der Waals surface area (Å²) in [5.41, 5.74) is 3.94. The average molecular weight is 391 g/mol. The zero-order valence-corrected chi connectivity index (χ0v) is 19.1. The van der Waals surface area contributed by atoms with Gasteiger partial charge in [-0.15, -0.1) is 22.7 Å². The molecule has 0 aliphatic carbocycles. The van der Waals surface area contributed by atoms with Gasteiger partial charge in [0.25, 0.3) is 0 Å². The first-order chi connectivity index (χ1) is 12.2. The molecule has 26 heavy (non-hydrogen) atoms. The van der Waals surface area contributed by atoms with E-state index in [1.165, 1.54) is 33.4 Å². The van der Waals surface area contributed by atoms with E-state index in [1.807, 2.05) is 11.3 Å². The lowest BCUT2D eigenvalue weighted by molar-refractivity contribution is 0.502. The van der Waals surface area contributed by atoms with E-state index in [1.54, 1.807) is 11.3 Å².